The first-order valence-corrected chi connectivity index (χ1v) is 8.82. The number of hydrogen-bond donors (Lipinski definition) is 1. The van der Waals surface area contributed by atoms with Gasteiger partial charge in [0.15, 0.2) is 0 Å². The molecule has 1 aliphatic carbocycles. The largest absolute Gasteiger partial charge is 0.351 e. The number of rotatable bonds is 5. The fourth-order valence-corrected chi connectivity index (χ4v) is 3.95. The van der Waals surface area contributed by atoms with Crippen LogP contribution in [0.15, 0.2) is 22.7 Å². The maximum absolute atomic E-state index is 12.3. The first kappa shape index (κ1) is 16.8. The van der Waals surface area contributed by atoms with Crippen molar-refractivity contribution < 1.29 is 4.79 Å². The zero-order valence-corrected chi connectivity index (χ0v) is 15.1. The van der Waals surface area contributed by atoms with Crippen LogP contribution < -0.4 is 5.32 Å². The number of halogens is 2. The smallest absolute Gasteiger partial charge is 0.251 e. The van der Waals surface area contributed by atoms with E-state index in [-0.39, 0.29) is 5.91 Å². The van der Waals surface area contributed by atoms with Gasteiger partial charge in [-0.15, -0.1) is 0 Å². The third kappa shape index (κ3) is 4.46. The summed E-state index contributed by atoms with van der Waals surface area (Å²) in [5, 5.41) is 3.75. The summed E-state index contributed by atoms with van der Waals surface area (Å²) in [6, 6.07) is 5.30. The van der Waals surface area contributed by atoms with E-state index in [1.165, 1.54) is 32.1 Å². The van der Waals surface area contributed by atoms with Crippen LogP contribution in [-0.4, -0.2) is 12.5 Å². The third-order valence-electron chi connectivity index (χ3n) is 4.31. The minimum absolute atomic E-state index is 0.0117. The number of benzene rings is 1. The second kappa shape index (κ2) is 7.15. The van der Waals surface area contributed by atoms with Crippen LogP contribution in [0.4, 0.5) is 0 Å². The molecule has 0 saturated heterocycles. The molecule has 0 aromatic heterocycles. The van der Waals surface area contributed by atoms with Gasteiger partial charge in [0.2, 0.25) is 0 Å². The minimum atomic E-state index is -0.0117. The van der Waals surface area contributed by atoms with Crippen molar-refractivity contribution in [3.05, 3.63) is 33.3 Å². The summed E-state index contributed by atoms with van der Waals surface area (Å²) < 4.78 is 0.759. The van der Waals surface area contributed by atoms with E-state index in [2.05, 4.69) is 35.1 Å². The molecule has 1 amide bonds. The lowest BCUT2D eigenvalue weighted by Crippen LogP contribution is -2.36. The van der Waals surface area contributed by atoms with Crippen molar-refractivity contribution in [2.45, 2.75) is 46.0 Å². The summed E-state index contributed by atoms with van der Waals surface area (Å²) >= 11 is 9.33. The lowest BCUT2D eigenvalue weighted by molar-refractivity contribution is 0.0922. The Labute approximate surface area is 140 Å². The minimum Gasteiger partial charge on any atom is -0.351 e. The summed E-state index contributed by atoms with van der Waals surface area (Å²) in [7, 11) is 0. The van der Waals surface area contributed by atoms with Crippen LogP contribution in [0.2, 0.25) is 5.02 Å². The Morgan fingerprint density at radius 1 is 1.38 bits per heavy atom. The Bertz CT molecular complexity index is 510. The normalized spacial score (nSPS) is 17.2. The molecular formula is C17H23BrClNO. The molecule has 21 heavy (non-hydrogen) atoms. The highest BCUT2D eigenvalue weighted by Crippen LogP contribution is 2.42. The number of carbonyl (C=O) groups excluding carboxylic acids is 1. The van der Waals surface area contributed by atoms with Crippen LogP contribution in [0.25, 0.3) is 0 Å². The van der Waals surface area contributed by atoms with E-state index in [0.717, 1.165) is 11.0 Å². The van der Waals surface area contributed by atoms with Gasteiger partial charge in [0.1, 0.15) is 0 Å². The summed E-state index contributed by atoms with van der Waals surface area (Å²) in [5.41, 5.74) is 0.956. The van der Waals surface area contributed by atoms with Crippen LogP contribution >= 0.6 is 27.5 Å². The van der Waals surface area contributed by atoms with Gasteiger partial charge < -0.3 is 5.32 Å². The second-order valence-electron chi connectivity index (χ2n) is 6.62. The lowest BCUT2D eigenvalue weighted by Gasteiger charge is -2.31. The molecule has 0 spiro atoms. The molecule has 0 radical (unpaired) electrons. The van der Waals surface area contributed by atoms with Crippen LogP contribution in [0.3, 0.4) is 0 Å². The molecule has 116 valence electrons. The molecule has 1 aromatic rings. The predicted octanol–water partition coefficient (Wildman–Crippen LogP) is 5.44. The Balaban J connectivity index is 2.00. The molecule has 2 rings (SSSR count). The monoisotopic (exact) mass is 371 g/mol. The zero-order chi connectivity index (χ0) is 15.5. The quantitative estimate of drug-likeness (QED) is 0.732. The SMILES string of the molecule is CC(C)CC1(CNC(=O)c2ccc(Cl)c(Br)c2)CCCC1. The average Bonchev–Trinajstić information content (AvgIpc) is 2.87. The summed E-state index contributed by atoms with van der Waals surface area (Å²) in [6.07, 6.45) is 6.23. The predicted molar refractivity (Wildman–Crippen MR) is 91.8 cm³/mol. The maximum Gasteiger partial charge on any atom is 0.251 e. The molecule has 1 fully saturated rings. The van der Waals surface area contributed by atoms with Gasteiger partial charge >= 0.3 is 0 Å². The van der Waals surface area contributed by atoms with Crippen LogP contribution in [0.1, 0.15) is 56.3 Å². The van der Waals surface area contributed by atoms with Gasteiger partial charge in [-0.2, -0.15) is 0 Å². The topological polar surface area (TPSA) is 29.1 Å². The maximum atomic E-state index is 12.3. The molecule has 0 aliphatic heterocycles. The fourth-order valence-electron chi connectivity index (χ4n) is 3.45. The Hall–Kier alpha value is -0.540. The molecule has 4 heteroatoms. The third-order valence-corrected chi connectivity index (χ3v) is 5.53. The van der Waals surface area contributed by atoms with E-state index in [9.17, 15) is 4.79 Å². The molecule has 1 aliphatic rings. The molecule has 0 heterocycles. The van der Waals surface area contributed by atoms with Crippen molar-refractivity contribution in [1.82, 2.24) is 5.32 Å². The van der Waals surface area contributed by atoms with Crippen molar-refractivity contribution in [3.63, 3.8) is 0 Å². The number of carbonyl (C=O) groups is 1. The average molecular weight is 373 g/mol. The van der Waals surface area contributed by atoms with E-state index in [1.807, 2.05) is 0 Å². The first-order chi connectivity index (χ1) is 9.92. The molecule has 1 aromatic carbocycles. The van der Waals surface area contributed by atoms with Gasteiger partial charge in [-0.25, -0.2) is 0 Å². The van der Waals surface area contributed by atoms with Crippen molar-refractivity contribution in [2.24, 2.45) is 11.3 Å². The van der Waals surface area contributed by atoms with Gasteiger partial charge in [0.25, 0.3) is 5.91 Å². The number of nitrogens with one attached hydrogen (secondary N) is 1. The highest BCUT2D eigenvalue weighted by Gasteiger charge is 2.34. The van der Waals surface area contributed by atoms with Crippen molar-refractivity contribution in [2.75, 3.05) is 6.54 Å². The lowest BCUT2D eigenvalue weighted by atomic mass is 9.78. The summed E-state index contributed by atoms with van der Waals surface area (Å²) in [5.74, 6) is 0.659. The molecule has 1 N–H and O–H groups in total. The fraction of sp³-hybridized carbons (Fsp3) is 0.588. The van der Waals surface area contributed by atoms with Gasteiger partial charge in [0, 0.05) is 16.6 Å². The van der Waals surface area contributed by atoms with Crippen LogP contribution in [0, 0.1) is 11.3 Å². The van der Waals surface area contributed by atoms with E-state index in [4.69, 9.17) is 11.6 Å². The highest BCUT2D eigenvalue weighted by atomic mass is 79.9. The Morgan fingerprint density at radius 3 is 2.62 bits per heavy atom. The van der Waals surface area contributed by atoms with Crippen molar-refractivity contribution in [3.8, 4) is 0 Å². The number of hydrogen-bond acceptors (Lipinski definition) is 1. The first-order valence-electron chi connectivity index (χ1n) is 7.65. The second-order valence-corrected chi connectivity index (χ2v) is 7.88. The van der Waals surface area contributed by atoms with E-state index in [0.29, 0.717) is 21.9 Å². The summed E-state index contributed by atoms with van der Waals surface area (Å²) in [6.45, 7) is 5.31. The molecule has 1 saturated carbocycles. The van der Waals surface area contributed by atoms with E-state index >= 15 is 0 Å². The Kier molecular flexibility index (Phi) is 5.73. The van der Waals surface area contributed by atoms with Gasteiger partial charge in [0.05, 0.1) is 5.02 Å². The molecular weight excluding hydrogens is 350 g/mol. The Morgan fingerprint density at radius 2 is 2.05 bits per heavy atom. The highest BCUT2D eigenvalue weighted by molar-refractivity contribution is 9.10. The molecule has 2 nitrogen and oxygen atoms in total. The van der Waals surface area contributed by atoms with E-state index in [1.54, 1.807) is 18.2 Å². The van der Waals surface area contributed by atoms with Gasteiger partial charge in [-0.05, 0) is 64.7 Å². The van der Waals surface area contributed by atoms with Crippen molar-refractivity contribution in [1.29, 1.82) is 0 Å². The number of amides is 1. The van der Waals surface area contributed by atoms with Gasteiger partial charge in [-0.3, -0.25) is 4.79 Å². The van der Waals surface area contributed by atoms with E-state index < -0.39 is 0 Å². The zero-order valence-electron chi connectivity index (χ0n) is 12.7. The van der Waals surface area contributed by atoms with Crippen LogP contribution in [0.5, 0.6) is 0 Å². The van der Waals surface area contributed by atoms with Gasteiger partial charge in [-0.1, -0.05) is 38.3 Å². The summed E-state index contributed by atoms with van der Waals surface area (Å²) in [4.78, 5) is 12.3. The van der Waals surface area contributed by atoms with Crippen LogP contribution in [-0.2, 0) is 0 Å². The molecule has 0 bridgehead atoms. The molecule has 0 unspecified atom stereocenters. The van der Waals surface area contributed by atoms with Crippen molar-refractivity contribution >= 4 is 33.4 Å². The molecule has 0 atom stereocenters. The standard InChI is InChI=1S/C17H23BrClNO/c1-12(2)10-17(7-3-4-8-17)11-20-16(21)13-5-6-15(19)14(18)9-13/h5-6,9,12H,3-4,7-8,10-11H2,1-2H3,(H,20,21).